The maximum atomic E-state index is 12.6. The van der Waals surface area contributed by atoms with E-state index in [1.54, 1.807) is 24.5 Å². The Kier molecular flexibility index (Phi) is 5.42. The van der Waals surface area contributed by atoms with Crippen LogP contribution in [0.2, 0.25) is 0 Å². The molecule has 0 bridgehead atoms. The van der Waals surface area contributed by atoms with Gasteiger partial charge < -0.3 is 9.88 Å². The van der Waals surface area contributed by atoms with Crippen molar-refractivity contribution in [1.29, 1.82) is 0 Å². The van der Waals surface area contributed by atoms with Gasteiger partial charge in [0.2, 0.25) is 5.95 Å². The number of hydrogen-bond acceptors (Lipinski definition) is 4. The van der Waals surface area contributed by atoms with Crippen molar-refractivity contribution in [3.63, 3.8) is 0 Å². The Hall–Kier alpha value is -3.22. The molecular formula is C22H27N5O2. The first-order chi connectivity index (χ1) is 13.6. The van der Waals surface area contributed by atoms with Gasteiger partial charge in [0.25, 0.3) is 11.8 Å². The van der Waals surface area contributed by atoms with Gasteiger partial charge in [-0.1, -0.05) is 17.7 Å². The van der Waals surface area contributed by atoms with Crippen LogP contribution in [0.1, 0.15) is 60.9 Å². The van der Waals surface area contributed by atoms with Gasteiger partial charge in [-0.2, -0.15) is 4.98 Å². The van der Waals surface area contributed by atoms with Gasteiger partial charge in [0.1, 0.15) is 5.65 Å². The highest BCUT2D eigenvalue weighted by Crippen LogP contribution is 2.27. The van der Waals surface area contributed by atoms with Crippen molar-refractivity contribution in [2.45, 2.75) is 53.1 Å². The Balaban J connectivity index is 2.00. The molecule has 3 rings (SSSR count). The van der Waals surface area contributed by atoms with Crippen LogP contribution >= 0.6 is 0 Å². The molecule has 2 N–H and O–H groups in total. The Morgan fingerprint density at radius 2 is 1.72 bits per heavy atom. The first-order valence-corrected chi connectivity index (χ1v) is 9.63. The molecule has 1 aromatic carbocycles. The van der Waals surface area contributed by atoms with Crippen LogP contribution in [-0.2, 0) is 5.54 Å². The molecule has 0 saturated carbocycles. The van der Waals surface area contributed by atoms with Gasteiger partial charge in [0, 0.05) is 29.5 Å². The molecule has 0 aliphatic carbocycles. The van der Waals surface area contributed by atoms with Crippen molar-refractivity contribution in [1.82, 2.24) is 19.9 Å². The lowest BCUT2D eigenvalue weighted by molar-refractivity contribution is 0.0943. The van der Waals surface area contributed by atoms with Crippen LogP contribution in [0, 0.1) is 6.92 Å². The van der Waals surface area contributed by atoms with Crippen molar-refractivity contribution in [2.24, 2.45) is 0 Å². The molecule has 0 unspecified atom stereocenters. The maximum Gasteiger partial charge on any atom is 0.258 e. The van der Waals surface area contributed by atoms with Crippen molar-refractivity contribution >= 4 is 28.8 Å². The number of rotatable bonds is 4. The second kappa shape index (κ2) is 7.66. The van der Waals surface area contributed by atoms with E-state index in [-0.39, 0.29) is 29.3 Å². The van der Waals surface area contributed by atoms with Crippen molar-refractivity contribution in [2.75, 3.05) is 5.32 Å². The van der Waals surface area contributed by atoms with Crippen molar-refractivity contribution < 1.29 is 9.59 Å². The number of carbonyl (C=O) groups is 2. The van der Waals surface area contributed by atoms with Crippen molar-refractivity contribution in [3.8, 4) is 0 Å². The van der Waals surface area contributed by atoms with Gasteiger partial charge >= 0.3 is 0 Å². The lowest BCUT2D eigenvalue weighted by atomic mass is 10.1. The van der Waals surface area contributed by atoms with Crippen LogP contribution in [0.25, 0.3) is 11.0 Å². The lowest BCUT2D eigenvalue weighted by Crippen LogP contribution is -2.30. The summed E-state index contributed by atoms with van der Waals surface area (Å²) in [5, 5.41) is 6.30. The number of carbonyl (C=O) groups excluding carboxylic acids is 2. The van der Waals surface area contributed by atoms with E-state index >= 15 is 0 Å². The van der Waals surface area contributed by atoms with E-state index in [1.165, 1.54) is 0 Å². The van der Waals surface area contributed by atoms with Crippen LogP contribution in [0.4, 0.5) is 5.95 Å². The molecule has 0 aliphatic rings. The quantitative estimate of drug-likeness (QED) is 0.704. The summed E-state index contributed by atoms with van der Waals surface area (Å²) in [5.74, 6) is -0.258. The van der Waals surface area contributed by atoms with Crippen LogP contribution in [0.5, 0.6) is 0 Å². The van der Waals surface area contributed by atoms with E-state index in [4.69, 9.17) is 0 Å². The fourth-order valence-corrected chi connectivity index (χ4v) is 2.98. The Bertz CT molecular complexity index is 1060. The van der Waals surface area contributed by atoms with Gasteiger partial charge in [-0.3, -0.25) is 14.9 Å². The molecule has 2 heterocycles. The third-order valence-electron chi connectivity index (χ3n) is 4.47. The normalized spacial score (nSPS) is 11.7. The highest BCUT2D eigenvalue weighted by molar-refractivity contribution is 6.07. The molecule has 0 aliphatic heterocycles. The van der Waals surface area contributed by atoms with Crippen molar-refractivity contribution in [3.05, 3.63) is 53.3 Å². The summed E-state index contributed by atoms with van der Waals surface area (Å²) in [5.41, 5.74) is 2.42. The number of amides is 2. The Labute approximate surface area is 170 Å². The topological polar surface area (TPSA) is 88.9 Å². The fourth-order valence-electron chi connectivity index (χ4n) is 2.98. The van der Waals surface area contributed by atoms with Gasteiger partial charge in [-0.15, -0.1) is 0 Å². The standard InChI is InChI=1S/C22H27N5O2/c1-13(2)24-20(29)17-12-27(22(4,5)6)18-16(17)11-23-21(25-18)26-19(28)15-9-7-14(3)8-10-15/h7-13H,1-6H3,(H,24,29)(H,23,25,26,28). The smallest absolute Gasteiger partial charge is 0.258 e. The zero-order chi connectivity index (χ0) is 21.3. The maximum absolute atomic E-state index is 12.6. The SMILES string of the molecule is Cc1ccc(C(=O)Nc2ncc3c(C(=O)NC(C)C)cn(C(C)(C)C)c3n2)cc1. The summed E-state index contributed by atoms with van der Waals surface area (Å²) >= 11 is 0. The molecule has 2 amide bonds. The summed E-state index contributed by atoms with van der Waals surface area (Å²) in [6.45, 7) is 11.9. The Morgan fingerprint density at radius 1 is 1.07 bits per heavy atom. The number of hydrogen-bond donors (Lipinski definition) is 2. The molecular weight excluding hydrogens is 366 g/mol. The summed E-state index contributed by atoms with van der Waals surface area (Å²) < 4.78 is 1.93. The molecule has 0 saturated heterocycles. The largest absolute Gasteiger partial charge is 0.350 e. The lowest BCUT2D eigenvalue weighted by Gasteiger charge is -2.22. The average Bonchev–Trinajstić information content (AvgIpc) is 3.01. The van der Waals surface area contributed by atoms with Crippen LogP contribution < -0.4 is 10.6 Å². The zero-order valence-electron chi connectivity index (χ0n) is 17.7. The minimum absolute atomic E-state index is 0.0181. The second-order valence-electron chi connectivity index (χ2n) is 8.46. The molecule has 7 heteroatoms. The summed E-state index contributed by atoms with van der Waals surface area (Å²) in [6.07, 6.45) is 3.38. The third-order valence-corrected chi connectivity index (χ3v) is 4.47. The van der Waals surface area contributed by atoms with E-state index in [0.717, 1.165) is 5.56 Å². The first kappa shape index (κ1) is 20.5. The molecule has 0 fully saturated rings. The minimum Gasteiger partial charge on any atom is -0.350 e. The molecule has 0 radical (unpaired) electrons. The molecule has 3 aromatic rings. The van der Waals surface area contributed by atoms with E-state index in [2.05, 4.69) is 20.6 Å². The molecule has 7 nitrogen and oxygen atoms in total. The zero-order valence-corrected chi connectivity index (χ0v) is 17.7. The van der Waals surface area contributed by atoms with Crippen LogP contribution in [0.3, 0.4) is 0 Å². The summed E-state index contributed by atoms with van der Waals surface area (Å²) in [6, 6.07) is 7.29. The average molecular weight is 393 g/mol. The second-order valence-corrected chi connectivity index (χ2v) is 8.46. The minimum atomic E-state index is -0.304. The summed E-state index contributed by atoms with van der Waals surface area (Å²) in [7, 11) is 0. The highest BCUT2D eigenvalue weighted by Gasteiger charge is 2.24. The van der Waals surface area contributed by atoms with Gasteiger partial charge in [0.05, 0.1) is 10.9 Å². The monoisotopic (exact) mass is 393 g/mol. The van der Waals surface area contributed by atoms with Gasteiger partial charge in [0.15, 0.2) is 0 Å². The third kappa shape index (κ3) is 4.45. The number of aryl methyl sites for hydroxylation is 1. The molecule has 152 valence electrons. The highest BCUT2D eigenvalue weighted by atomic mass is 16.2. The van der Waals surface area contributed by atoms with Gasteiger partial charge in [-0.05, 0) is 53.7 Å². The van der Waals surface area contributed by atoms with Crippen LogP contribution in [-0.4, -0.2) is 32.4 Å². The van der Waals surface area contributed by atoms with Gasteiger partial charge in [-0.25, -0.2) is 4.98 Å². The fraction of sp³-hybridized carbons (Fsp3) is 0.364. The number of nitrogens with zero attached hydrogens (tertiary/aromatic N) is 3. The van der Waals surface area contributed by atoms with E-state index in [9.17, 15) is 9.59 Å². The van der Waals surface area contributed by atoms with E-state index < -0.39 is 0 Å². The Morgan fingerprint density at radius 3 is 2.31 bits per heavy atom. The molecule has 2 aromatic heterocycles. The first-order valence-electron chi connectivity index (χ1n) is 9.63. The predicted octanol–water partition coefficient (Wildman–Crippen LogP) is 3.89. The molecule has 0 atom stereocenters. The molecule has 0 spiro atoms. The van der Waals surface area contributed by atoms with E-state index in [0.29, 0.717) is 22.2 Å². The number of nitrogens with one attached hydrogen (secondary N) is 2. The van der Waals surface area contributed by atoms with E-state index in [1.807, 2.05) is 58.2 Å². The number of fused-ring (bicyclic) bond motifs is 1. The van der Waals surface area contributed by atoms with Crippen LogP contribution in [0.15, 0.2) is 36.7 Å². The summed E-state index contributed by atoms with van der Waals surface area (Å²) in [4.78, 5) is 34.0. The number of benzene rings is 1. The number of anilines is 1. The number of aromatic nitrogens is 3. The molecule has 29 heavy (non-hydrogen) atoms. The predicted molar refractivity (Wildman–Crippen MR) is 114 cm³/mol.